The smallest absolute Gasteiger partial charge is 0.507 e. The number of aryl methyl sites for hydroxylation is 1. The summed E-state index contributed by atoms with van der Waals surface area (Å²) in [4.78, 5) is 31.3. The van der Waals surface area contributed by atoms with Crippen LogP contribution in [0.2, 0.25) is 0 Å². The van der Waals surface area contributed by atoms with Gasteiger partial charge < -0.3 is 14.6 Å². The Balaban J connectivity index is 1.89. The molecule has 0 bridgehead atoms. The summed E-state index contributed by atoms with van der Waals surface area (Å²) in [7, 11) is 1.49. The van der Waals surface area contributed by atoms with E-state index in [2.05, 4.69) is 9.72 Å². The van der Waals surface area contributed by atoms with Gasteiger partial charge in [-0.3, -0.25) is 19.5 Å². The van der Waals surface area contributed by atoms with E-state index in [-0.39, 0.29) is 16.8 Å². The van der Waals surface area contributed by atoms with Crippen molar-refractivity contribution in [3.05, 3.63) is 89.3 Å². The second-order valence-corrected chi connectivity index (χ2v) is 7.69. The molecule has 3 aromatic rings. The molecule has 1 aliphatic heterocycles. The molecule has 0 aliphatic carbocycles. The Hall–Kier alpha value is -4.34. The number of ether oxygens (including phenoxy) is 2. The third-order valence-electron chi connectivity index (χ3n) is 5.44. The van der Waals surface area contributed by atoms with Crippen molar-refractivity contribution < 1.29 is 37.3 Å². The van der Waals surface area contributed by atoms with E-state index in [4.69, 9.17) is 4.74 Å². The number of carbonyl (C=O) groups is 2. The van der Waals surface area contributed by atoms with Crippen molar-refractivity contribution >= 4 is 23.1 Å². The zero-order valence-corrected chi connectivity index (χ0v) is 18.5. The highest BCUT2D eigenvalue weighted by molar-refractivity contribution is 6.51. The SMILES string of the molecule is COc1ccc(/C(O)=C2\C(=O)C(=O)N(c3cccc(OC(F)(F)F)c3)C2c2cccnc2)cc1C. The van der Waals surface area contributed by atoms with Gasteiger partial charge >= 0.3 is 6.36 Å². The molecule has 1 atom stereocenters. The highest BCUT2D eigenvalue weighted by atomic mass is 19.4. The number of nitrogens with zero attached hydrogens (tertiary/aromatic N) is 2. The lowest BCUT2D eigenvalue weighted by molar-refractivity contribution is -0.274. The van der Waals surface area contributed by atoms with Crippen molar-refractivity contribution in [3.63, 3.8) is 0 Å². The fourth-order valence-corrected chi connectivity index (χ4v) is 3.96. The Morgan fingerprint density at radius 1 is 1.09 bits per heavy atom. The number of rotatable bonds is 5. The van der Waals surface area contributed by atoms with Crippen molar-refractivity contribution in [2.75, 3.05) is 12.0 Å². The Morgan fingerprint density at radius 3 is 2.49 bits per heavy atom. The van der Waals surface area contributed by atoms with Gasteiger partial charge in [0, 0.05) is 29.7 Å². The molecule has 1 saturated heterocycles. The summed E-state index contributed by atoms with van der Waals surface area (Å²) in [5.74, 6) is -2.45. The van der Waals surface area contributed by atoms with Crippen LogP contribution in [-0.2, 0) is 9.59 Å². The number of halogens is 3. The van der Waals surface area contributed by atoms with Crippen LogP contribution in [0.15, 0.2) is 72.6 Å². The molecule has 0 radical (unpaired) electrons. The number of anilines is 1. The van der Waals surface area contributed by atoms with Crippen molar-refractivity contribution in [2.24, 2.45) is 0 Å². The van der Waals surface area contributed by atoms with E-state index >= 15 is 0 Å². The topological polar surface area (TPSA) is 89.0 Å². The summed E-state index contributed by atoms with van der Waals surface area (Å²) in [5, 5.41) is 11.1. The minimum Gasteiger partial charge on any atom is -0.507 e. The molecule has 2 heterocycles. The minimum absolute atomic E-state index is 0.0207. The number of carbonyl (C=O) groups excluding carboxylic acids is 2. The highest BCUT2D eigenvalue weighted by Gasteiger charge is 2.47. The summed E-state index contributed by atoms with van der Waals surface area (Å²) in [6, 6.07) is 11.5. The molecule has 1 unspecified atom stereocenters. The Bertz CT molecular complexity index is 1320. The number of hydrogen-bond acceptors (Lipinski definition) is 6. The predicted molar refractivity (Wildman–Crippen MR) is 120 cm³/mol. The normalized spacial score (nSPS) is 17.5. The fourth-order valence-electron chi connectivity index (χ4n) is 3.96. The minimum atomic E-state index is -4.94. The molecule has 7 nitrogen and oxygen atoms in total. The molecule has 4 rings (SSSR count). The molecule has 1 aromatic heterocycles. The first-order chi connectivity index (χ1) is 16.6. The third-order valence-corrected chi connectivity index (χ3v) is 5.44. The number of ketones is 1. The first-order valence-corrected chi connectivity index (χ1v) is 10.3. The first-order valence-electron chi connectivity index (χ1n) is 10.3. The van der Waals surface area contributed by atoms with E-state index in [1.165, 1.54) is 37.7 Å². The molecule has 2 aromatic carbocycles. The molecular formula is C25H19F3N2O5. The van der Waals surface area contributed by atoms with Crippen LogP contribution in [0.3, 0.4) is 0 Å². The Kier molecular flexibility index (Phi) is 6.21. The van der Waals surface area contributed by atoms with E-state index in [1.807, 2.05) is 0 Å². The number of benzene rings is 2. The zero-order chi connectivity index (χ0) is 25.3. The lowest BCUT2D eigenvalue weighted by atomic mass is 9.95. The number of hydrogen-bond donors (Lipinski definition) is 1. The van der Waals surface area contributed by atoms with E-state index in [9.17, 15) is 27.9 Å². The van der Waals surface area contributed by atoms with Crippen LogP contribution in [-0.4, -0.2) is 35.3 Å². The van der Waals surface area contributed by atoms with Crippen LogP contribution in [0.4, 0.5) is 18.9 Å². The largest absolute Gasteiger partial charge is 0.573 e. The molecule has 0 saturated carbocycles. The van der Waals surface area contributed by atoms with Crippen LogP contribution in [0.5, 0.6) is 11.5 Å². The zero-order valence-electron chi connectivity index (χ0n) is 18.5. The molecule has 0 spiro atoms. The number of aliphatic hydroxyl groups excluding tert-OH is 1. The van der Waals surface area contributed by atoms with Crippen molar-refractivity contribution in [1.29, 1.82) is 0 Å². The number of aliphatic hydroxyl groups is 1. The molecule has 180 valence electrons. The van der Waals surface area contributed by atoms with E-state index in [0.29, 0.717) is 16.9 Å². The van der Waals surface area contributed by atoms with Crippen LogP contribution in [0.25, 0.3) is 5.76 Å². The van der Waals surface area contributed by atoms with Gasteiger partial charge in [-0.15, -0.1) is 13.2 Å². The number of methoxy groups -OCH3 is 1. The van der Waals surface area contributed by atoms with Gasteiger partial charge in [-0.2, -0.15) is 0 Å². The van der Waals surface area contributed by atoms with Gasteiger partial charge in [-0.1, -0.05) is 12.1 Å². The molecule has 1 fully saturated rings. The van der Waals surface area contributed by atoms with Crippen LogP contribution >= 0.6 is 0 Å². The molecule has 1 amide bonds. The van der Waals surface area contributed by atoms with E-state index in [0.717, 1.165) is 17.0 Å². The second kappa shape index (κ2) is 9.13. The fraction of sp³-hybridized carbons (Fsp3) is 0.160. The monoisotopic (exact) mass is 484 g/mol. The number of amides is 1. The van der Waals surface area contributed by atoms with E-state index in [1.54, 1.807) is 31.2 Å². The van der Waals surface area contributed by atoms with Crippen LogP contribution in [0, 0.1) is 6.92 Å². The molecule has 35 heavy (non-hydrogen) atoms. The maximum atomic E-state index is 13.1. The Labute approximate surface area is 198 Å². The van der Waals surface area contributed by atoms with E-state index < -0.39 is 35.6 Å². The average Bonchev–Trinajstić information content (AvgIpc) is 3.08. The molecule has 10 heteroatoms. The summed E-state index contributed by atoms with van der Waals surface area (Å²) in [5.41, 5.74) is 1.08. The van der Waals surface area contributed by atoms with Gasteiger partial charge in [0.05, 0.1) is 18.7 Å². The summed E-state index contributed by atoms with van der Waals surface area (Å²) in [6.07, 6.45) is -2.05. The number of Topliss-reactive ketones (excluding diaryl/α,β-unsaturated/α-hetero) is 1. The van der Waals surface area contributed by atoms with Crippen LogP contribution in [0.1, 0.15) is 22.7 Å². The molecule has 1 aliphatic rings. The molecular weight excluding hydrogens is 465 g/mol. The number of pyridine rings is 1. The van der Waals surface area contributed by atoms with Gasteiger partial charge in [0.15, 0.2) is 0 Å². The number of aromatic nitrogens is 1. The van der Waals surface area contributed by atoms with Crippen molar-refractivity contribution in [1.82, 2.24) is 4.98 Å². The lowest BCUT2D eigenvalue weighted by Crippen LogP contribution is -2.29. The molecule has 1 N–H and O–H groups in total. The average molecular weight is 484 g/mol. The first kappa shape index (κ1) is 23.8. The Morgan fingerprint density at radius 2 is 1.86 bits per heavy atom. The second-order valence-electron chi connectivity index (χ2n) is 7.69. The third kappa shape index (κ3) is 4.68. The van der Waals surface area contributed by atoms with Crippen molar-refractivity contribution in [2.45, 2.75) is 19.3 Å². The van der Waals surface area contributed by atoms with Gasteiger partial charge in [0.2, 0.25) is 0 Å². The predicted octanol–water partition coefficient (Wildman–Crippen LogP) is 4.92. The van der Waals surface area contributed by atoms with Gasteiger partial charge in [0.25, 0.3) is 11.7 Å². The van der Waals surface area contributed by atoms with Crippen molar-refractivity contribution in [3.8, 4) is 11.5 Å². The highest BCUT2D eigenvalue weighted by Crippen LogP contribution is 2.43. The quantitative estimate of drug-likeness (QED) is 0.314. The summed E-state index contributed by atoms with van der Waals surface area (Å²) < 4.78 is 47.5. The standard InChI is InChI=1S/C25H19F3N2O5/c1-14-11-15(8-9-19(14)34-2)22(31)20-21(16-5-4-10-29-13-16)30(24(33)23(20)32)17-6-3-7-18(12-17)35-25(26,27)28/h3-13,21,31H,1-2H3/b22-20+. The lowest BCUT2D eigenvalue weighted by Gasteiger charge is -2.25. The maximum absolute atomic E-state index is 13.1. The summed E-state index contributed by atoms with van der Waals surface area (Å²) >= 11 is 0. The summed E-state index contributed by atoms with van der Waals surface area (Å²) in [6.45, 7) is 1.75. The van der Waals surface area contributed by atoms with Gasteiger partial charge in [-0.05, 0) is 54.4 Å². The van der Waals surface area contributed by atoms with Gasteiger partial charge in [-0.25, -0.2) is 0 Å². The number of alkyl halides is 3. The van der Waals surface area contributed by atoms with Gasteiger partial charge in [0.1, 0.15) is 17.3 Å². The maximum Gasteiger partial charge on any atom is 0.573 e. The van der Waals surface area contributed by atoms with Crippen LogP contribution < -0.4 is 14.4 Å².